The van der Waals surface area contributed by atoms with Gasteiger partial charge in [-0.1, -0.05) is 0 Å². The van der Waals surface area contributed by atoms with E-state index in [0.717, 1.165) is 0 Å². The summed E-state index contributed by atoms with van der Waals surface area (Å²) in [6.07, 6.45) is -1.46. The van der Waals surface area contributed by atoms with Crippen LogP contribution in [0.15, 0.2) is 0 Å². The van der Waals surface area contributed by atoms with E-state index in [4.69, 9.17) is 5.11 Å². The van der Waals surface area contributed by atoms with Gasteiger partial charge in [0.15, 0.2) is 0 Å². The maximum absolute atomic E-state index is 11.4. The minimum atomic E-state index is -1.46. The molecule has 0 aliphatic carbocycles. The van der Waals surface area contributed by atoms with Crippen LogP contribution in [0.3, 0.4) is 0 Å². The van der Waals surface area contributed by atoms with Crippen molar-refractivity contribution in [1.29, 1.82) is 0 Å². The molecular weight excluding hydrogens is 242 g/mol. The second-order valence-electron chi connectivity index (χ2n) is 2.62. The normalized spacial score (nSPS) is 11.5. The van der Waals surface area contributed by atoms with Gasteiger partial charge in [-0.15, -0.1) is 4.41 Å². The van der Waals surface area contributed by atoms with Crippen LogP contribution in [0.25, 0.3) is 0 Å². The predicted octanol–water partition coefficient (Wildman–Crippen LogP) is -0.0758. The molecule has 0 saturated heterocycles. The molecule has 0 fully saturated rings. The average molecular weight is 253 g/mol. The Morgan fingerprint density at radius 2 is 1.73 bits per heavy atom. The molecule has 0 radical (unpaired) electrons. The number of hydrogen-bond donors (Lipinski definition) is 4. The molecule has 0 rings (SSSR count). The number of amides is 3. The van der Waals surface area contributed by atoms with Crippen molar-refractivity contribution < 1.29 is 19.5 Å². The van der Waals surface area contributed by atoms with Gasteiger partial charge in [-0.25, -0.2) is 4.79 Å². The summed E-state index contributed by atoms with van der Waals surface area (Å²) < 4.78 is 0.774. The zero-order valence-corrected chi connectivity index (χ0v) is 9.83. The van der Waals surface area contributed by atoms with Gasteiger partial charge in [0, 0.05) is 6.92 Å². The van der Waals surface area contributed by atoms with Crippen LogP contribution < -0.4 is 5.32 Å². The SMILES string of the molecule is CC(=O)N[C@@H](C)C(=O)N(S)N(S)C(=O)O. The third-order valence-corrected chi connectivity index (χ3v) is 2.20. The molecule has 2 N–H and O–H groups in total. The maximum Gasteiger partial charge on any atom is 0.437 e. The van der Waals surface area contributed by atoms with E-state index in [2.05, 4.69) is 30.9 Å². The van der Waals surface area contributed by atoms with Gasteiger partial charge < -0.3 is 10.4 Å². The molecule has 0 aromatic carbocycles. The summed E-state index contributed by atoms with van der Waals surface area (Å²) in [6.45, 7) is 2.64. The van der Waals surface area contributed by atoms with Crippen LogP contribution in [0.4, 0.5) is 4.79 Å². The third kappa shape index (κ3) is 4.30. The zero-order valence-electron chi connectivity index (χ0n) is 8.04. The first-order valence-corrected chi connectivity index (χ1v) is 4.59. The van der Waals surface area contributed by atoms with Crippen molar-refractivity contribution in [2.45, 2.75) is 19.9 Å². The van der Waals surface area contributed by atoms with Crippen molar-refractivity contribution in [3.8, 4) is 0 Å². The van der Waals surface area contributed by atoms with Crippen molar-refractivity contribution in [3.63, 3.8) is 0 Å². The molecule has 0 aromatic heterocycles. The van der Waals surface area contributed by atoms with E-state index >= 15 is 0 Å². The molecular formula is C6H11N3O4S2. The Morgan fingerprint density at radius 3 is 2.07 bits per heavy atom. The third-order valence-electron chi connectivity index (χ3n) is 1.34. The molecule has 86 valence electrons. The lowest BCUT2D eigenvalue weighted by molar-refractivity contribution is -0.135. The van der Waals surface area contributed by atoms with Gasteiger partial charge in [0.2, 0.25) is 5.91 Å². The monoisotopic (exact) mass is 253 g/mol. The fourth-order valence-corrected chi connectivity index (χ4v) is 1.05. The Kier molecular flexibility index (Phi) is 5.29. The molecule has 0 aliphatic heterocycles. The molecule has 1 atom stereocenters. The van der Waals surface area contributed by atoms with Gasteiger partial charge in [-0.05, 0) is 32.6 Å². The summed E-state index contributed by atoms with van der Waals surface area (Å²) in [5.74, 6) is -1.12. The van der Waals surface area contributed by atoms with E-state index in [0.29, 0.717) is 8.83 Å². The molecule has 0 saturated carbocycles. The van der Waals surface area contributed by atoms with Crippen LogP contribution in [-0.2, 0) is 9.59 Å². The van der Waals surface area contributed by atoms with Gasteiger partial charge in [0.05, 0.1) is 0 Å². The summed E-state index contributed by atoms with van der Waals surface area (Å²) in [6, 6.07) is -0.881. The Labute approximate surface area is 97.5 Å². The van der Waals surface area contributed by atoms with Crippen LogP contribution in [0.5, 0.6) is 0 Å². The lowest BCUT2D eigenvalue weighted by Gasteiger charge is -2.24. The molecule has 0 heterocycles. The van der Waals surface area contributed by atoms with Gasteiger partial charge in [-0.2, -0.15) is 4.41 Å². The highest BCUT2D eigenvalue weighted by atomic mass is 32.1. The molecule has 0 bridgehead atoms. The van der Waals surface area contributed by atoms with Crippen molar-refractivity contribution in [3.05, 3.63) is 0 Å². The van der Waals surface area contributed by atoms with Gasteiger partial charge in [0.1, 0.15) is 6.04 Å². The van der Waals surface area contributed by atoms with Crippen molar-refractivity contribution >= 4 is 43.5 Å². The van der Waals surface area contributed by atoms with E-state index in [1.54, 1.807) is 0 Å². The van der Waals surface area contributed by atoms with Crippen molar-refractivity contribution in [2.24, 2.45) is 0 Å². The fourth-order valence-electron chi connectivity index (χ4n) is 0.714. The van der Waals surface area contributed by atoms with Crippen molar-refractivity contribution in [2.75, 3.05) is 0 Å². The quantitative estimate of drug-likeness (QED) is 0.409. The molecule has 0 unspecified atom stereocenters. The number of hydrazine groups is 1. The van der Waals surface area contributed by atoms with E-state index in [1.165, 1.54) is 13.8 Å². The molecule has 0 aromatic rings. The van der Waals surface area contributed by atoms with E-state index in [-0.39, 0.29) is 0 Å². The lowest BCUT2D eigenvalue weighted by atomic mass is 10.3. The minimum absolute atomic E-state index is 0.295. The first kappa shape index (κ1) is 13.9. The number of nitrogens with zero attached hydrogens (tertiary/aromatic N) is 2. The number of thiol groups is 2. The molecule has 0 spiro atoms. The topological polar surface area (TPSA) is 90.0 Å². The summed E-state index contributed by atoms with van der Waals surface area (Å²) >= 11 is 7.12. The minimum Gasteiger partial charge on any atom is -0.463 e. The maximum atomic E-state index is 11.4. The smallest absolute Gasteiger partial charge is 0.437 e. The number of carbonyl (C=O) groups is 3. The van der Waals surface area contributed by atoms with Crippen molar-refractivity contribution in [1.82, 2.24) is 14.1 Å². The summed E-state index contributed by atoms with van der Waals surface area (Å²) in [5.41, 5.74) is 0. The van der Waals surface area contributed by atoms with E-state index in [1.807, 2.05) is 0 Å². The van der Waals surface area contributed by atoms with Crippen LogP contribution >= 0.6 is 25.6 Å². The number of carboxylic acid groups (broad SMARTS) is 1. The number of rotatable bonds is 2. The van der Waals surface area contributed by atoms with Crippen LogP contribution in [0, 0.1) is 0 Å². The second-order valence-corrected chi connectivity index (χ2v) is 3.38. The summed E-state index contributed by atoms with van der Waals surface area (Å²) in [7, 11) is 0. The van der Waals surface area contributed by atoms with E-state index < -0.39 is 23.9 Å². The Balaban J connectivity index is 4.43. The van der Waals surface area contributed by atoms with Gasteiger partial charge in [0.25, 0.3) is 5.91 Å². The summed E-state index contributed by atoms with van der Waals surface area (Å²) in [4.78, 5) is 32.4. The number of hydrogen-bond acceptors (Lipinski definition) is 5. The Bertz CT molecular complexity index is 286. The van der Waals surface area contributed by atoms with Gasteiger partial charge in [-0.3, -0.25) is 9.59 Å². The molecule has 3 amide bonds. The molecule has 15 heavy (non-hydrogen) atoms. The zero-order chi connectivity index (χ0) is 12.2. The highest BCUT2D eigenvalue weighted by molar-refractivity contribution is 7.81. The Morgan fingerprint density at radius 1 is 1.27 bits per heavy atom. The molecule has 0 aliphatic rings. The second kappa shape index (κ2) is 5.71. The van der Waals surface area contributed by atoms with Crippen LogP contribution in [-0.4, -0.2) is 37.9 Å². The van der Waals surface area contributed by atoms with Crippen LogP contribution in [0.2, 0.25) is 0 Å². The highest BCUT2D eigenvalue weighted by Gasteiger charge is 2.25. The average Bonchev–Trinajstić information content (AvgIpc) is 2.13. The number of nitrogens with one attached hydrogen (secondary N) is 1. The van der Waals surface area contributed by atoms with E-state index in [9.17, 15) is 14.4 Å². The Hall–Kier alpha value is -1.09. The standard InChI is InChI=1S/C6H11N3O4S2/c1-3(7-4(2)10)5(11)8(14)9(15)6(12)13/h3,14-15H,1-2H3,(H,7,10)(H,12,13)/t3-/m0/s1. The summed E-state index contributed by atoms with van der Waals surface area (Å²) in [5, 5.41) is 10.8. The first-order valence-electron chi connectivity index (χ1n) is 3.79. The molecule has 9 heteroatoms. The highest BCUT2D eigenvalue weighted by Crippen LogP contribution is 2.08. The lowest BCUT2D eigenvalue weighted by Crippen LogP contribution is -2.47. The number of carbonyl (C=O) groups excluding carboxylic acids is 2. The molecule has 7 nitrogen and oxygen atoms in total. The van der Waals surface area contributed by atoms with Gasteiger partial charge >= 0.3 is 6.09 Å². The van der Waals surface area contributed by atoms with Crippen LogP contribution in [0.1, 0.15) is 13.8 Å². The predicted molar refractivity (Wildman–Crippen MR) is 58.0 cm³/mol. The fraction of sp³-hybridized carbons (Fsp3) is 0.500. The first-order chi connectivity index (χ1) is 6.77. The largest absolute Gasteiger partial charge is 0.463 e.